The zero-order chi connectivity index (χ0) is 14.3. The molecule has 0 spiro atoms. The van der Waals surface area contributed by atoms with Gasteiger partial charge in [-0.15, -0.1) is 0 Å². The molecule has 2 unspecified atom stereocenters. The van der Waals surface area contributed by atoms with E-state index in [-0.39, 0.29) is 12.1 Å². The molecule has 3 rings (SSSR count). The monoisotopic (exact) mass is 415 g/mol. The predicted octanol–water partition coefficient (Wildman–Crippen LogP) is 5.39. The van der Waals surface area contributed by atoms with E-state index in [9.17, 15) is 0 Å². The molecule has 1 heterocycles. The van der Waals surface area contributed by atoms with Crippen LogP contribution in [0.25, 0.3) is 0 Å². The Labute approximate surface area is 139 Å². The minimum Gasteiger partial charge on any atom is -0.485 e. The number of benzene rings is 2. The summed E-state index contributed by atoms with van der Waals surface area (Å²) in [5, 5.41) is 0.700. The molecule has 2 N–H and O–H groups in total. The van der Waals surface area contributed by atoms with Crippen LogP contribution >= 0.6 is 43.5 Å². The van der Waals surface area contributed by atoms with Gasteiger partial charge in [-0.05, 0) is 36.4 Å². The topological polar surface area (TPSA) is 35.2 Å². The Balaban J connectivity index is 1.99. The minimum absolute atomic E-state index is 0.0590. The first-order valence-corrected chi connectivity index (χ1v) is 8.17. The first-order chi connectivity index (χ1) is 9.54. The molecular formula is C15H12Br2ClNO. The zero-order valence-corrected chi connectivity index (χ0v) is 14.4. The molecule has 0 saturated heterocycles. The molecule has 0 amide bonds. The summed E-state index contributed by atoms with van der Waals surface area (Å²) in [6.07, 6.45) is 0.586. The van der Waals surface area contributed by atoms with Crippen molar-refractivity contribution in [3.63, 3.8) is 0 Å². The van der Waals surface area contributed by atoms with Crippen LogP contribution in [0.4, 0.5) is 0 Å². The summed E-state index contributed by atoms with van der Waals surface area (Å²) < 4.78 is 8.06. The third-order valence-corrected chi connectivity index (χ3v) is 4.74. The van der Waals surface area contributed by atoms with E-state index in [4.69, 9.17) is 22.1 Å². The van der Waals surface area contributed by atoms with Gasteiger partial charge in [0, 0.05) is 37.6 Å². The van der Waals surface area contributed by atoms with Gasteiger partial charge in [-0.1, -0.05) is 43.5 Å². The van der Waals surface area contributed by atoms with Gasteiger partial charge in [0.15, 0.2) is 0 Å². The molecule has 2 aromatic rings. The number of rotatable bonds is 1. The number of fused-ring (bicyclic) bond motifs is 1. The van der Waals surface area contributed by atoms with E-state index >= 15 is 0 Å². The van der Waals surface area contributed by atoms with E-state index in [0.29, 0.717) is 11.4 Å². The van der Waals surface area contributed by atoms with Crippen LogP contribution in [-0.4, -0.2) is 0 Å². The zero-order valence-electron chi connectivity index (χ0n) is 10.4. The van der Waals surface area contributed by atoms with Crippen molar-refractivity contribution in [1.82, 2.24) is 0 Å². The number of halogens is 3. The van der Waals surface area contributed by atoms with Gasteiger partial charge in [0.25, 0.3) is 0 Å². The van der Waals surface area contributed by atoms with Gasteiger partial charge >= 0.3 is 0 Å². The fourth-order valence-corrected chi connectivity index (χ4v) is 3.42. The van der Waals surface area contributed by atoms with Crippen molar-refractivity contribution in [2.45, 2.75) is 18.6 Å². The molecule has 2 atom stereocenters. The maximum atomic E-state index is 6.28. The average molecular weight is 418 g/mol. The van der Waals surface area contributed by atoms with Gasteiger partial charge in [0.05, 0.1) is 0 Å². The van der Waals surface area contributed by atoms with Crippen LogP contribution < -0.4 is 10.5 Å². The summed E-state index contributed by atoms with van der Waals surface area (Å²) in [6, 6.07) is 11.6. The Bertz CT molecular complexity index is 662. The largest absolute Gasteiger partial charge is 0.485 e. The molecule has 2 aromatic carbocycles. The Morgan fingerprint density at radius 1 is 1.05 bits per heavy atom. The first kappa shape index (κ1) is 14.4. The fourth-order valence-electron chi connectivity index (χ4n) is 2.43. The number of ether oxygens (including phenoxy) is 1. The van der Waals surface area contributed by atoms with Crippen molar-refractivity contribution in [1.29, 1.82) is 0 Å². The second kappa shape index (κ2) is 5.68. The summed E-state index contributed by atoms with van der Waals surface area (Å²) >= 11 is 13.2. The van der Waals surface area contributed by atoms with Crippen LogP contribution in [0.15, 0.2) is 45.3 Å². The highest BCUT2D eigenvalue weighted by atomic mass is 79.9. The lowest BCUT2D eigenvalue weighted by molar-refractivity contribution is 0.161. The van der Waals surface area contributed by atoms with Crippen LogP contribution in [-0.2, 0) is 0 Å². The molecular weight excluding hydrogens is 405 g/mol. The van der Waals surface area contributed by atoms with Crippen molar-refractivity contribution in [3.8, 4) is 5.75 Å². The van der Waals surface area contributed by atoms with E-state index in [0.717, 1.165) is 25.8 Å². The lowest BCUT2D eigenvalue weighted by Gasteiger charge is -2.31. The van der Waals surface area contributed by atoms with Crippen molar-refractivity contribution < 1.29 is 4.74 Å². The predicted molar refractivity (Wildman–Crippen MR) is 88.2 cm³/mol. The second-order valence-electron chi connectivity index (χ2n) is 4.80. The molecule has 5 heteroatoms. The van der Waals surface area contributed by atoms with Crippen LogP contribution in [0.2, 0.25) is 5.02 Å². The third kappa shape index (κ3) is 2.75. The molecule has 2 nitrogen and oxygen atoms in total. The fraction of sp³-hybridized carbons (Fsp3) is 0.200. The summed E-state index contributed by atoms with van der Waals surface area (Å²) in [6.45, 7) is 0. The molecule has 0 aliphatic carbocycles. The number of nitrogens with two attached hydrogens (primary N) is 1. The minimum atomic E-state index is -0.122. The standard InChI is InChI=1S/C15H12Br2ClNO/c16-8-1-3-12(18)10(5-8)15-7-13(19)11-6-9(17)2-4-14(11)20-15/h1-6,13,15H,7,19H2. The van der Waals surface area contributed by atoms with Gasteiger partial charge in [-0.3, -0.25) is 0 Å². The van der Waals surface area contributed by atoms with Crippen LogP contribution in [0, 0.1) is 0 Å². The summed E-state index contributed by atoms with van der Waals surface area (Å²) in [7, 11) is 0. The molecule has 0 radical (unpaired) electrons. The maximum absolute atomic E-state index is 6.28. The SMILES string of the molecule is NC1CC(c2cc(Br)ccc2Cl)Oc2ccc(Br)cc21. The molecule has 20 heavy (non-hydrogen) atoms. The molecule has 0 bridgehead atoms. The summed E-state index contributed by atoms with van der Waals surface area (Å²) in [5.41, 5.74) is 8.27. The normalized spacial score (nSPS) is 21.2. The van der Waals surface area contributed by atoms with E-state index in [1.807, 2.05) is 36.4 Å². The molecule has 0 saturated carbocycles. The Hall–Kier alpha value is -0.550. The van der Waals surface area contributed by atoms with Gasteiger partial charge in [-0.2, -0.15) is 0 Å². The summed E-state index contributed by atoms with van der Waals surface area (Å²) in [4.78, 5) is 0. The van der Waals surface area contributed by atoms with Gasteiger partial charge in [-0.25, -0.2) is 0 Å². The maximum Gasteiger partial charge on any atom is 0.127 e. The number of hydrogen-bond donors (Lipinski definition) is 1. The summed E-state index contributed by atoms with van der Waals surface area (Å²) in [5.74, 6) is 0.827. The van der Waals surface area contributed by atoms with Crippen molar-refractivity contribution >= 4 is 43.5 Å². The van der Waals surface area contributed by atoms with Gasteiger partial charge < -0.3 is 10.5 Å². The van der Waals surface area contributed by atoms with Crippen LogP contribution in [0.1, 0.15) is 29.7 Å². The quantitative estimate of drug-likeness (QED) is 0.675. The van der Waals surface area contributed by atoms with E-state index in [1.54, 1.807) is 0 Å². The van der Waals surface area contributed by atoms with Crippen LogP contribution in [0.3, 0.4) is 0 Å². The van der Waals surface area contributed by atoms with E-state index in [2.05, 4.69) is 31.9 Å². The average Bonchev–Trinajstić information content (AvgIpc) is 2.42. The highest BCUT2D eigenvalue weighted by Gasteiger charge is 2.28. The smallest absolute Gasteiger partial charge is 0.127 e. The third-order valence-electron chi connectivity index (χ3n) is 3.41. The van der Waals surface area contributed by atoms with E-state index < -0.39 is 0 Å². The highest BCUT2D eigenvalue weighted by Crippen LogP contribution is 2.42. The van der Waals surface area contributed by atoms with Gasteiger partial charge in [0.1, 0.15) is 11.9 Å². The van der Waals surface area contributed by atoms with E-state index in [1.165, 1.54) is 0 Å². The Morgan fingerprint density at radius 3 is 2.45 bits per heavy atom. The van der Waals surface area contributed by atoms with Crippen LogP contribution in [0.5, 0.6) is 5.75 Å². The molecule has 0 aromatic heterocycles. The Kier molecular flexibility index (Phi) is 4.09. The second-order valence-corrected chi connectivity index (χ2v) is 7.04. The number of hydrogen-bond acceptors (Lipinski definition) is 2. The molecule has 104 valence electrons. The molecule has 0 fully saturated rings. The first-order valence-electron chi connectivity index (χ1n) is 6.21. The Morgan fingerprint density at radius 2 is 1.70 bits per heavy atom. The molecule has 1 aliphatic rings. The lowest BCUT2D eigenvalue weighted by atomic mass is 9.93. The lowest BCUT2D eigenvalue weighted by Crippen LogP contribution is -2.24. The molecule has 1 aliphatic heterocycles. The van der Waals surface area contributed by atoms with Crippen molar-refractivity contribution in [2.24, 2.45) is 5.73 Å². The highest BCUT2D eigenvalue weighted by molar-refractivity contribution is 9.10. The van der Waals surface area contributed by atoms with Crippen molar-refractivity contribution in [3.05, 3.63) is 61.5 Å². The van der Waals surface area contributed by atoms with Crippen molar-refractivity contribution in [2.75, 3.05) is 0 Å². The van der Waals surface area contributed by atoms with Gasteiger partial charge in [0.2, 0.25) is 0 Å².